The zero-order valence-electron chi connectivity index (χ0n) is 20.5. The van der Waals surface area contributed by atoms with Crippen molar-refractivity contribution < 1.29 is 33.9 Å². The van der Waals surface area contributed by atoms with Crippen molar-refractivity contribution in [2.75, 3.05) is 11.5 Å². The summed E-state index contributed by atoms with van der Waals surface area (Å²) in [5, 5.41) is 23.5. The van der Waals surface area contributed by atoms with Crippen LogP contribution in [0.15, 0.2) is 66.2 Å². The van der Waals surface area contributed by atoms with Crippen LogP contribution in [0.3, 0.4) is 0 Å². The fourth-order valence-corrected chi connectivity index (χ4v) is 3.70. The third-order valence-corrected chi connectivity index (χ3v) is 5.61. The molecule has 0 atom stereocenters. The van der Waals surface area contributed by atoms with Crippen LogP contribution in [0.1, 0.15) is 23.6 Å². The number of hydrogen-bond donors (Lipinski definition) is 2. The fourth-order valence-electron chi connectivity index (χ4n) is 3.70. The van der Waals surface area contributed by atoms with E-state index in [4.69, 9.17) is 9.47 Å². The Hall–Kier alpha value is -5.19. The van der Waals surface area contributed by atoms with Gasteiger partial charge in [-0.05, 0) is 61.4 Å². The smallest absolute Gasteiger partial charge is 0.335 e. The number of carbonyl (C=O) groups excluding carboxylic acids is 3. The molecule has 1 fully saturated rings. The number of phenolic OH excluding ortho intramolecular Hbond substituents is 1. The van der Waals surface area contributed by atoms with Gasteiger partial charge in [0, 0.05) is 6.07 Å². The number of phenols is 1. The Morgan fingerprint density at radius 2 is 1.71 bits per heavy atom. The number of aromatic hydroxyl groups is 1. The normalized spacial score (nSPS) is 14.4. The minimum Gasteiger partial charge on any atom is -0.500 e. The van der Waals surface area contributed by atoms with E-state index in [0.717, 1.165) is 28.2 Å². The van der Waals surface area contributed by atoms with Gasteiger partial charge in [-0.1, -0.05) is 29.8 Å². The first-order chi connectivity index (χ1) is 18.2. The molecule has 0 bridgehead atoms. The van der Waals surface area contributed by atoms with Crippen LogP contribution in [-0.2, 0) is 16.2 Å². The molecule has 4 rings (SSSR count). The molecule has 38 heavy (non-hydrogen) atoms. The van der Waals surface area contributed by atoms with Gasteiger partial charge in [0.15, 0.2) is 5.75 Å². The standard InChI is InChI=1S/C27H23N3O8/c1-3-37-23-14-18(13-22(24(23)31)30(35)36)12-21-25(32)28-27(34)29(26(21)33)19-8-10-20(11-9-19)38-15-17-6-4-16(2)5-7-17/h4-14,31H,3,15H2,1-2H3,(H,28,32,34)/b21-12+. The van der Waals surface area contributed by atoms with Crippen LogP contribution in [-0.4, -0.2) is 34.5 Å². The van der Waals surface area contributed by atoms with E-state index in [1.165, 1.54) is 18.2 Å². The molecule has 3 aromatic carbocycles. The molecule has 1 aliphatic heterocycles. The number of nitro benzene ring substituents is 1. The lowest BCUT2D eigenvalue weighted by molar-refractivity contribution is -0.386. The highest BCUT2D eigenvalue weighted by Gasteiger charge is 2.37. The van der Waals surface area contributed by atoms with Crippen molar-refractivity contribution in [2.45, 2.75) is 20.5 Å². The van der Waals surface area contributed by atoms with Crippen molar-refractivity contribution in [3.05, 3.63) is 93.0 Å². The number of nitrogens with zero attached hydrogens (tertiary/aromatic N) is 2. The molecule has 1 heterocycles. The second kappa shape index (κ2) is 10.8. The second-order valence-corrected chi connectivity index (χ2v) is 8.30. The summed E-state index contributed by atoms with van der Waals surface area (Å²) in [5.74, 6) is -2.26. The van der Waals surface area contributed by atoms with Gasteiger partial charge in [0.2, 0.25) is 5.75 Å². The van der Waals surface area contributed by atoms with Gasteiger partial charge in [-0.25, -0.2) is 9.69 Å². The molecule has 0 aromatic heterocycles. The predicted molar refractivity (Wildman–Crippen MR) is 137 cm³/mol. The summed E-state index contributed by atoms with van der Waals surface area (Å²) in [4.78, 5) is 49.6. The molecule has 3 aromatic rings. The molecule has 11 nitrogen and oxygen atoms in total. The maximum atomic E-state index is 13.2. The van der Waals surface area contributed by atoms with Gasteiger partial charge in [-0.3, -0.25) is 25.0 Å². The Kier molecular flexibility index (Phi) is 7.38. The Balaban J connectivity index is 1.59. The molecule has 0 spiro atoms. The lowest BCUT2D eigenvalue weighted by Crippen LogP contribution is -2.54. The van der Waals surface area contributed by atoms with E-state index in [9.17, 15) is 29.6 Å². The summed E-state index contributed by atoms with van der Waals surface area (Å²) < 4.78 is 11.0. The van der Waals surface area contributed by atoms with Crippen LogP contribution < -0.4 is 19.7 Å². The van der Waals surface area contributed by atoms with E-state index >= 15 is 0 Å². The highest BCUT2D eigenvalue weighted by Crippen LogP contribution is 2.38. The van der Waals surface area contributed by atoms with Crippen LogP contribution in [0.5, 0.6) is 17.2 Å². The lowest BCUT2D eigenvalue weighted by atomic mass is 10.1. The number of ether oxygens (including phenoxy) is 2. The lowest BCUT2D eigenvalue weighted by Gasteiger charge is -2.26. The van der Waals surface area contributed by atoms with E-state index in [1.807, 2.05) is 31.2 Å². The molecule has 0 unspecified atom stereocenters. The molecular formula is C27H23N3O8. The molecule has 0 aliphatic carbocycles. The first-order valence-corrected chi connectivity index (χ1v) is 11.5. The number of nitrogens with one attached hydrogen (secondary N) is 1. The number of carbonyl (C=O) groups is 3. The molecule has 4 amide bonds. The van der Waals surface area contributed by atoms with Gasteiger partial charge in [0.05, 0.1) is 17.2 Å². The summed E-state index contributed by atoms with van der Waals surface area (Å²) in [5.41, 5.74) is 1.23. The molecule has 1 aliphatic rings. The van der Waals surface area contributed by atoms with Crippen molar-refractivity contribution in [3.63, 3.8) is 0 Å². The maximum Gasteiger partial charge on any atom is 0.335 e. The van der Waals surface area contributed by atoms with Crippen molar-refractivity contribution in [1.82, 2.24) is 5.32 Å². The first kappa shape index (κ1) is 25.9. The number of barbiturate groups is 1. The van der Waals surface area contributed by atoms with Gasteiger partial charge in [-0.2, -0.15) is 0 Å². The Labute approximate surface area is 217 Å². The average molecular weight is 517 g/mol. The van der Waals surface area contributed by atoms with Gasteiger partial charge >= 0.3 is 11.7 Å². The zero-order chi connectivity index (χ0) is 27.4. The second-order valence-electron chi connectivity index (χ2n) is 8.30. The minimum atomic E-state index is -0.969. The number of hydrogen-bond acceptors (Lipinski definition) is 8. The quantitative estimate of drug-likeness (QED) is 0.195. The molecule has 0 radical (unpaired) electrons. The largest absolute Gasteiger partial charge is 0.500 e. The highest BCUT2D eigenvalue weighted by atomic mass is 16.6. The van der Waals surface area contributed by atoms with Gasteiger partial charge in [-0.15, -0.1) is 0 Å². The summed E-state index contributed by atoms with van der Waals surface area (Å²) >= 11 is 0. The number of anilines is 1. The van der Waals surface area contributed by atoms with Crippen molar-refractivity contribution in [2.24, 2.45) is 0 Å². The minimum absolute atomic E-state index is 0.0469. The van der Waals surface area contributed by atoms with Crippen LogP contribution >= 0.6 is 0 Å². The van der Waals surface area contributed by atoms with Crippen LogP contribution in [0.4, 0.5) is 16.2 Å². The van der Waals surface area contributed by atoms with Crippen molar-refractivity contribution >= 4 is 35.3 Å². The Bertz CT molecular complexity index is 1450. The molecule has 1 saturated heterocycles. The number of imide groups is 2. The molecule has 11 heteroatoms. The topological polar surface area (TPSA) is 148 Å². The van der Waals surface area contributed by atoms with Crippen molar-refractivity contribution in [1.29, 1.82) is 0 Å². The van der Waals surface area contributed by atoms with E-state index in [-0.39, 0.29) is 23.6 Å². The molecular weight excluding hydrogens is 494 g/mol. The van der Waals surface area contributed by atoms with Crippen LogP contribution in [0, 0.1) is 17.0 Å². The Morgan fingerprint density at radius 3 is 2.34 bits per heavy atom. The Morgan fingerprint density at radius 1 is 1.03 bits per heavy atom. The summed E-state index contributed by atoms with van der Waals surface area (Å²) in [6.45, 7) is 4.04. The van der Waals surface area contributed by atoms with Crippen LogP contribution in [0.25, 0.3) is 6.08 Å². The fraction of sp³-hybridized carbons (Fsp3) is 0.148. The number of benzene rings is 3. The van der Waals surface area contributed by atoms with E-state index in [0.29, 0.717) is 12.4 Å². The average Bonchev–Trinajstić information content (AvgIpc) is 2.88. The number of nitro groups is 1. The number of urea groups is 1. The molecule has 0 saturated carbocycles. The third-order valence-electron chi connectivity index (χ3n) is 5.61. The SMILES string of the molecule is CCOc1cc(/C=C2\C(=O)NC(=O)N(c3ccc(OCc4ccc(C)cc4)cc3)C2=O)cc([N+](=O)[O-])c1O. The third kappa shape index (κ3) is 5.46. The monoisotopic (exact) mass is 517 g/mol. The van der Waals surface area contributed by atoms with Gasteiger partial charge < -0.3 is 14.6 Å². The van der Waals surface area contributed by atoms with Crippen LogP contribution in [0.2, 0.25) is 0 Å². The highest BCUT2D eigenvalue weighted by molar-refractivity contribution is 6.39. The molecule has 2 N–H and O–H groups in total. The van der Waals surface area contributed by atoms with E-state index in [1.54, 1.807) is 19.1 Å². The van der Waals surface area contributed by atoms with E-state index in [2.05, 4.69) is 5.32 Å². The summed E-state index contributed by atoms with van der Waals surface area (Å²) in [7, 11) is 0. The van der Waals surface area contributed by atoms with E-state index < -0.39 is 39.8 Å². The molecule has 194 valence electrons. The number of rotatable bonds is 8. The number of aryl methyl sites for hydroxylation is 1. The summed E-state index contributed by atoms with van der Waals surface area (Å²) in [6, 6.07) is 15.3. The van der Waals surface area contributed by atoms with Crippen molar-refractivity contribution in [3.8, 4) is 17.2 Å². The number of amides is 4. The predicted octanol–water partition coefficient (Wildman–Crippen LogP) is 4.25. The zero-order valence-corrected chi connectivity index (χ0v) is 20.5. The van der Waals surface area contributed by atoms with Gasteiger partial charge in [0.25, 0.3) is 11.8 Å². The summed E-state index contributed by atoms with van der Waals surface area (Å²) in [6.07, 6.45) is 1.09. The van der Waals surface area contributed by atoms with Gasteiger partial charge in [0.1, 0.15) is 17.9 Å². The first-order valence-electron chi connectivity index (χ1n) is 11.5. The maximum absolute atomic E-state index is 13.2.